The van der Waals surface area contributed by atoms with Crippen molar-refractivity contribution >= 4 is 29.1 Å². The van der Waals surface area contributed by atoms with Gasteiger partial charge in [-0.15, -0.1) is 10.2 Å². The van der Waals surface area contributed by atoms with Gasteiger partial charge in [0.15, 0.2) is 5.78 Å². The molecule has 1 aromatic heterocycles. The topological polar surface area (TPSA) is 94.3 Å². The van der Waals surface area contributed by atoms with Crippen molar-refractivity contribution in [3.63, 3.8) is 0 Å². The molecule has 0 saturated heterocycles. The monoisotopic (exact) mass is 383 g/mol. The van der Waals surface area contributed by atoms with Crippen LogP contribution in [-0.2, 0) is 9.59 Å². The Labute approximate surface area is 160 Å². The molecule has 0 bridgehead atoms. The SMILES string of the molecule is COc1cccc(-c2nnc(SCC(=O)CC(=O)Nc3ccccc3)o2)c1. The number of hydrogen-bond acceptors (Lipinski definition) is 7. The number of Topliss-reactive ketones (excluding diaryl/α,β-unsaturated/α-hetero) is 1. The lowest BCUT2D eigenvalue weighted by molar-refractivity contribution is -0.123. The van der Waals surface area contributed by atoms with Gasteiger partial charge in [-0.25, -0.2) is 0 Å². The largest absolute Gasteiger partial charge is 0.497 e. The first-order chi connectivity index (χ1) is 13.1. The summed E-state index contributed by atoms with van der Waals surface area (Å²) in [7, 11) is 1.58. The van der Waals surface area contributed by atoms with Crippen LogP contribution >= 0.6 is 11.8 Å². The first-order valence-corrected chi connectivity index (χ1v) is 9.10. The van der Waals surface area contributed by atoms with Gasteiger partial charge in [0.05, 0.1) is 19.3 Å². The Morgan fingerprint density at radius 1 is 1.11 bits per heavy atom. The summed E-state index contributed by atoms with van der Waals surface area (Å²) in [5.41, 5.74) is 1.38. The van der Waals surface area contributed by atoms with Crippen molar-refractivity contribution < 1.29 is 18.7 Å². The predicted octanol–water partition coefficient (Wildman–Crippen LogP) is 3.44. The van der Waals surface area contributed by atoms with E-state index in [0.717, 1.165) is 17.3 Å². The molecule has 0 radical (unpaired) electrons. The van der Waals surface area contributed by atoms with Crippen LogP contribution in [-0.4, -0.2) is 34.8 Å². The molecule has 0 aliphatic rings. The summed E-state index contributed by atoms with van der Waals surface area (Å²) in [6.45, 7) is 0. The number of anilines is 1. The van der Waals surface area contributed by atoms with Crippen LogP contribution < -0.4 is 10.1 Å². The average molecular weight is 383 g/mol. The minimum Gasteiger partial charge on any atom is -0.497 e. The average Bonchev–Trinajstić information content (AvgIpc) is 3.16. The summed E-state index contributed by atoms with van der Waals surface area (Å²) in [5.74, 6) is 0.510. The zero-order valence-electron chi connectivity index (χ0n) is 14.5. The number of rotatable bonds is 8. The maximum atomic E-state index is 12.0. The molecule has 0 unspecified atom stereocenters. The third-order valence-corrected chi connectivity index (χ3v) is 4.37. The molecule has 0 aliphatic carbocycles. The molecule has 0 aliphatic heterocycles. The van der Waals surface area contributed by atoms with E-state index in [9.17, 15) is 9.59 Å². The standard InChI is InChI=1S/C19H17N3O4S/c1-25-16-9-5-6-13(10-16)18-21-22-19(26-18)27-12-15(23)11-17(24)20-14-7-3-2-4-8-14/h2-10H,11-12H2,1H3,(H,20,24). The lowest BCUT2D eigenvalue weighted by atomic mass is 10.2. The maximum Gasteiger partial charge on any atom is 0.277 e. The molecule has 3 rings (SSSR count). The van der Waals surface area contributed by atoms with E-state index in [0.29, 0.717) is 17.3 Å². The second-order valence-corrected chi connectivity index (χ2v) is 6.45. The number of nitrogens with one attached hydrogen (secondary N) is 1. The number of methoxy groups -OCH3 is 1. The van der Waals surface area contributed by atoms with Crippen molar-refractivity contribution in [1.29, 1.82) is 0 Å². The number of benzene rings is 2. The second-order valence-electron chi connectivity index (χ2n) is 5.52. The molecule has 0 fully saturated rings. The Hall–Kier alpha value is -3.13. The highest BCUT2D eigenvalue weighted by Gasteiger charge is 2.14. The fraction of sp³-hybridized carbons (Fsp3) is 0.158. The van der Waals surface area contributed by atoms with Crippen LogP contribution in [0.1, 0.15) is 6.42 Å². The third kappa shape index (κ3) is 5.42. The molecule has 27 heavy (non-hydrogen) atoms. The number of ketones is 1. The van der Waals surface area contributed by atoms with Gasteiger partial charge in [-0.1, -0.05) is 36.0 Å². The highest BCUT2D eigenvalue weighted by Crippen LogP contribution is 2.25. The van der Waals surface area contributed by atoms with Crippen LogP contribution in [0, 0.1) is 0 Å². The van der Waals surface area contributed by atoms with Crippen LogP contribution in [0.4, 0.5) is 5.69 Å². The van der Waals surface area contributed by atoms with E-state index >= 15 is 0 Å². The summed E-state index contributed by atoms with van der Waals surface area (Å²) in [4.78, 5) is 23.9. The van der Waals surface area contributed by atoms with Crippen molar-refractivity contribution in [3.8, 4) is 17.2 Å². The van der Waals surface area contributed by atoms with Gasteiger partial charge >= 0.3 is 0 Å². The van der Waals surface area contributed by atoms with Gasteiger partial charge < -0.3 is 14.5 Å². The van der Waals surface area contributed by atoms with E-state index in [1.54, 1.807) is 25.3 Å². The molecule has 0 atom stereocenters. The van der Waals surface area contributed by atoms with Gasteiger partial charge in [-0.3, -0.25) is 9.59 Å². The molecule has 138 valence electrons. The number of carbonyl (C=O) groups is 2. The van der Waals surface area contributed by atoms with E-state index in [-0.39, 0.29) is 29.1 Å². The first kappa shape index (κ1) is 18.7. The van der Waals surface area contributed by atoms with E-state index in [2.05, 4.69) is 15.5 Å². The van der Waals surface area contributed by atoms with Crippen molar-refractivity contribution in [2.24, 2.45) is 0 Å². The smallest absolute Gasteiger partial charge is 0.277 e. The number of para-hydroxylation sites is 1. The number of hydrogen-bond donors (Lipinski definition) is 1. The van der Waals surface area contributed by atoms with Crippen molar-refractivity contribution in [2.75, 3.05) is 18.2 Å². The Bertz CT molecular complexity index is 927. The second kappa shape index (κ2) is 9.00. The molecule has 1 amide bonds. The zero-order chi connectivity index (χ0) is 19.1. The Morgan fingerprint density at radius 2 is 1.93 bits per heavy atom. The molecule has 1 N–H and O–H groups in total. The van der Waals surface area contributed by atoms with Crippen LogP contribution in [0.3, 0.4) is 0 Å². The molecule has 7 nitrogen and oxygen atoms in total. The molecule has 3 aromatic rings. The molecule has 8 heteroatoms. The van der Waals surface area contributed by atoms with Crippen molar-refractivity contribution in [1.82, 2.24) is 10.2 Å². The fourth-order valence-corrected chi connectivity index (χ4v) is 2.86. The van der Waals surface area contributed by atoms with Crippen LogP contribution in [0.15, 0.2) is 64.2 Å². The minimum absolute atomic E-state index is 0.0714. The third-order valence-electron chi connectivity index (χ3n) is 3.50. The highest BCUT2D eigenvalue weighted by atomic mass is 32.2. The molecule has 0 saturated carbocycles. The Balaban J connectivity index is 1.50. The predicted molar refractivity (Wildman–Crippen MR) is 102 cm³/mol. The van der Waals surface area contributed by atoms with Gasteiger partial charge in [-0.05, 0) is 30.3 Å². The van der Waals surface area contributed by atoms with Crippen LogP contribution in [0.25, 0.3) is 11.5 Å². The minimum atomic E-state index is -0.352. The normalized spacial score (nSPS) is 10.4. The van der Waals surface area contributed by atoms with Crippen LogP contribution in [0.2, 0.25) is 0 Å². The zero-order valence-corrected chi connectivity index (χ0v) is 15.4. The van der Waals surface area contributed by atoms with E-state index in [4.69, 9.17) is 9.15 Å². The molecular formula is C19H17N3O4S. The number of carbonyl (C=O) groups excluding carboxylic acids is 2. The van der Waals surface area contributed by atoms with E-state index in [1.807, 2.05) is 36.4 Å². The van der Waals surface area contributed by atoms with Gasteiger partial charge in [0.25, 0.3) is 5.22 Å². The lowest BCUT2D eigenvalue weighted by Crippen LogP contribution is -2.17. The van der Waals surface area contributed by atoms with Crippen molar-refractivity contribution in [3.05, 3.63) is 54.6 Å². The maximum absolute atomic E-state index is 12.0. The molecular weight excluding hydrogens is 366 g/mol. The van der Waals surface area contributed by atoms with Gasteiger partial charge in [0.2, 0.25) is 11.8 Å². The fourth-order valence-electron chi connectivity index (χ4n) is 2.24. The summed E-state index contributed by atoms with van der Waals surface area (Å²) < 4.78 is 10.7. The number of ether oxygens (including phenoxy) is 1. The molecule has 1 heterocycles. The number of nitrogens with zero attached hydrogens (tertiary/aromatic N) is 2. The molecule has 0 spiro atoms. The Morgan fingerprint density at radius 3 is 2.70 bits per heavy atom. The van der Waals surface area contributed by atoms with Gasteiger partial charge in [0.1, 0.15) is 5.75 Å². The van der Waals surface area contributed by atoms with Gasteiger partial charge in [-0.2, -0.15) is 0 Å². The summed E-state index contributed by atoms with van der Waals surface area (Å²) in [6.07, 6.45) is -0.210. The van der Waals surface area contributed by atoms with Gasteiger partial charge in [0, 0.05) is 11.3 Å². The quantitative estimate of drug-likeness (QED) is 0.470. The summed E-state index contributed by atoms with van der Waals surface area (Å²) in [6, 6.07) is 16.2. The van der Waals surface area contributed by atoms with E-state index < -0.39 is 0 Å². The number of thioether (sulfide) groups is 1. The lowest BCUT2D eigenvalue weighted by Gasteiger charge is -2.03. The summed E-state index contributed by atoms with van der Waals surface area (Å²) >= 11 is 1.10. The number of amides is 1. The number of aromatic nitrogens is 2. The first-order valence-electron chi connectivity index (χ1n) is 8.11. The summed E-state index contributed by atoms with van der Waals surface area (Å²) in [5, 5.41) is 10.8. The molecule has 2 aromatic carbocycles. The van der Waals surface area contributed by atoms with E-state index in [1.165, 1.54) is 0 Å². The van der Waals surface area contributed by atoms with Crippen molar-refractivity contribution in [2.45, 2.75) is 11.6 Å². The highest BCUT2D eigenvalue weighted by molar-refractivity contribution is 7.99. The Kier molecular flexibility index (Phi) is 6.22. The van der Waals surface area contributed by atoms with Crippen LogP contribution in [0.5, 0.6) is 5.75 Å².